The molecule has 0 aliphatic rings. The van der Waals surface area contributed by atoms with Gasteiger partial charge in [0.2, 0.25) is 0 Å². The third-order valence-electron chi connectivity index (χ3n) is 2.89. The Labute approximate surface area is 136 Å². The second-order valence-corrected chi connectivity index (χ2v) is 5.76. The number of hydrogen-bond acceptors (Lipinski definition) is 7. The van der Waals surface area contributed by atoms with Crippen molar-refractivity contribution in [2.75, 3.05) is 0 Å². The fourth-order valence-electron chi connectivity index (χ4n) is 1.86. The summed E-state index contributed by atoms with van der Waals surface area (Å²) in [5, 5.41) is 10.8. The topological polar surface area (TPSA) is 99.7 Å². The van der Waals surface area contributed by atoms with E-state index in [9.17, 15) is 19.7 Å². The Balaban J connectivity index is 1.89. The molecule has 0 bridgehead atoms. The van der Waals surface area contributed by atoms with E-state index >= 15 is 0 Å². The summed E-state index contributed by atoms with van der Waals surface area (Å²) in [5.74, 6) is -0.636. The molecule has 0 saturated carbocycles. The SMILES string of the molecule is O=C(Oc1ccc2sc(=O)oc2c1)c1ccc(Cl)c([N+](=O)[O-])c1. The number of carbonyl (C=O) groups excluding carboxylic acids is 1. The molecule has 0 unspecified atom stereocenters. The lowest BCUT2D eigenvalue weighted by molar-refractivity contribution is -0.384. The minimum atomic E-state index is -0.790. The van der Waals surface area contributed by atoms with Crippen LogP contribution in [0, 0.1) is 10.1 Å². The van der Waals surface area contributed by atoms with Crippen LogP contribution < -0.4 is 9.68 Å². The Bertz CT molecular complexity index is 992. The number of hydrogen-bond donors (Lipinski definition) is 0. The van der Waals surface area contributed by atoms with Crippen LogP contribution in [0.4, 0.5) is 5.69 Å². The van der Waals surface area contributed by atoms with E-state index in [1.807, 2.05) is 0 Å². The second-order valence-electron chi connectivity index (χ2n) is 4.38. The van der Waals surface area contributed by atoms with Crippen molar-refractivity contribution in [2.24, 2.45) is 0 Å². The molecule has 0 saturated heterocycles. The monoisotopic (exact) mass is 351 g/mol. The van der Waals surface area contributed by atoms with E-state index in [1.54, 1.807) is 6.07 Å². The van der Waals surface area contributed by atoms with Gasteiger partial charge in [0.05, 0.1) is 15.2 Å². The van der Waals surface area contributed by atoms with Gasteiger partial charge in [-0.05, 0) is 24.3 Å². The first kappa shape index (κ1) is 15.2. The Hall–Kier alpha value is -2.71. The van der Waals surface area contributed by atoms with Crippen LogP contribution in [0.2, 0.25) is 5.02 Å². The van der Waals surface area contributed by atoms with Gasteiger partial charge in [-0.3, -0.25) is 10.1 Å². The maximum Gasteiger partial charge on any atom is 0.396 e. The number of esters is 1. The molecule has 3 aromatic rings. The van der Waals surface area contributed by atoms with Gasteiger partial charge in [-0.15, -0.1) is 0 Å². The standard InChI is InChI=1S/C14H6ClNO6S/c15-9-3-1-7(5-10(9)16(19)20)13(17)21-8-2-4-12-11(6-8)22-14(18)23-12/h1-6H. The lowest BCUT2D eigenvalue weighted by atomic mass is 10.2. The van der Waals surface area contributed by atoms with Gasteiger partial charge in [0, 0.05) is 12.1 Å². The number of carbonyl (C=O) groups is 1. The molecule has 2 aromatic carbocycles. The van der Waals surface area contributed by atoms with Gasteiger partial charge in [-0.25, -0.2) is 9.59 Å². The van der Waals surface area contributed by atoms with Crippen molar-refractivity contribution in [1.82, 2.24) is 0 Å². The predicted molar refractivity (Wildman–Crippen MR) is 83.4 cm³/mol. The Kier molecular flexibility index (Phi) is 3.85. The number of fused-ring (bicyclic) bond motifs is 1. The third-order valence-corrected chi connectivity index (χ3v) is 4.02. The minimum Gasteiger partial charge on any atom is -0.423 e. The summed E-state index contributed by atoms with van der Waals surface area (Å²) in [6, 6.07) is 8.08. The van der Waals surface area contributed by atoms with Crippen LogP contribution in [0.3, 0.4) is 0 Å². The average Bonchev–Trinajstić information content (AvgIpc) is 2.86. The Morgan fingerprint density at radius 1 is 1.26 bits per heavy atom. The normalized spacial score (nSPS) is 10.7. The fraction of sp³-hybridized carbons (Fsp3) is 0. The number of rotatable bonds is 3. The molecule has 23 heavy (non-hydrogen) atoms. The highest BCUT2D eigenvalue weighted by Gasteiger charge is 2.18. The van der Waals surface area contributed by atoms with Crippen molar-refractivity contribution >= 4 is 44.9 Å². The van der Waals surface area contributed by atoms with Gasteiger partial charge in [0.1, 0.15) is 10.8 Å². The number of nitro groups is 1. The zero-order valence-electron chi connectivity index (χ0n) is 11.1. The van der Waals surface area contributed by atoms with Crippen molar-refractivity contribution < 1.29 is 18.9 Å². The Morgan fingerprint density at radius 3 is 2.78 bits per heavy atom. The van der Waals surface area contributed by atoms with E-state index in [1.165, 1.54) is 24.3 Å². The van der Waals surface area contributed by atoms with Crippen LogP contribution >= 0.6 is 22.9 Å². The van der Waals surface area contributed by atoms with E-state index in [4.69, 9.17) is 20.8 Å². The molecule has 0 amide bonds. The van der Waals surface area contributed by atoms with Crippen LogP contribution in [0.1, 0.15) is 10.4 Å². The number of nitro benzene ring substituents is 1. The summed E-state index contributed by atoms with van der Waals surface area (Å²) in [4.78, 5) is 32.9. The number of ether oxygens (including phenoxy) is 1. The van der Waals surface area contributed by atoms with Gasteiger partial charge in [-0.1, -0.05) is 22.9 Å². The maximum absolute atomic E-state index is 12.1. The molecule has 0 radical (unpaired) electrons. The molecule has 1 aromatic heterocycles. The van der Waals surface area contributed by atoms with Gasteiger partial charge in [0.25, 0.3) is 5.69 Å². The van der Waals surface area contributed by atoms with E-state index in [0.29, 0.717) is 10.3 Å². The molecule has 3 rings (SSSR count). The first-order chi connectivity index (χ1) is 10.9. The van der Waals surface area contributed by atoms with Crippen LogP contribution in [0.25, 0.3) is 10.3 Å². The van der Waals surface area contributed by atoms with E-state index in [2.05, 4.69) is 0 Å². The van der Waals surface area contributed by atoms with Crippen molar-refractivity contribution in [3.05, 3.63) is 66.8 Å². The fourth-order valence-corrected chi connectivity index (χ4v) is 2.70. The highest BCUT2D eigenvalue weighted by molar-refractivity contribution is 7.16. The zero-order chi connectivity index (χ0) is 16.6. The summed E-state index contributed by atoms with van der Waals surface area (Å²) >= 11 is 6.62. The highest BCUT2D eigenvalue weighted by atomic mass is 35.5. The molecule has 116 valence electrons. The summed E-state index contributed by atoms with van der Waals surface area (Å²) < 4.78 is 10.7. The summed E-state index contributed by atoms with van der Waals surface area (Å²) in [6.45, 7) is 0. The van der Waals surface area contributed by atoms with E-state index in [0.717, 1.165) is 17.4 Å². The molecule has 0 fully saturated rings. The molecule has 0 aliphatic heterocycles. The summed E-state index contributed by atoms with van der Waals surface area (Å²) in [5.41, 5.74) is -0.110. The average molecular weight is 352 g/mol. The van der Waals surface area contributed by atoms with Crippen LogP contribution in [0.5, 0.6) is 5.75 Å². The molecule has 0 aliphatic carbocycles. The first-order valence-electron chi connectivity index (χ1n) is 6.14. The van der Waals surface area contributed by atoms with Gasteiger partial charge in [0.15, 0.2) is 5.58 Å². The van der Waals surface area contributed by atoms with Gasteiger partial charge < -0.3 is 9.15 Å². The highest BCUT2D eigenvalue weighted by Crippen LogP contribution is 2.27. The number of halogens is 1. The molecule has 0 N–H and O–H groups in total. The smallest absolute Gasteiger partial charge is 0.396 e. The summed E-state index contributed by atoms with van der Waals surface area (Å²) in [6.07, 6.45) is 0. The second kappa shape index (κ2) is 5.82. The van der Waals surface area contributed by atoms with E-state index in [-0.39, 0.29) is 22.0 Å². The molecule has 0 spiro atoms. The zero-order valence-corrected chi connectivity index (χ0v) is 12.7. The molecular formula is C14H6ClNO6S. The molecule has 7 nitrogen and oxygen atoms in total. The largest absolute Gasteiger partial charge is 0.423 e. The lowest BCUT2D eigenvalue weighted by Gasteiger charge is -2.04. The van der Waals surface area contributed by atoms with Crippen molar-refractivity contribution in [3.63, 3.8) is 0 Å². The van der Waals surface area contributed by atoms with Crippen LogP contribution in [-0.2, 0) is 0 Å². The van der Waals surface area contributed by atoms with Crippen molar-refractivity contribution in [3.8, 4) is 5.75 Å². The number of benzene rings is 2. The minimum absolute atomic E-state index is 0.0204. The molecule has 9 heteroatoms. The molecular weight excluding hydrogens is 346 g/mol. The molecule has 0 atom stereocenters. The van der Waals surface area contributed by atoms with Crippen LogP contribution in [0.15, 0.2) is 45.6 Å². The summed E-state index contributed by atoms with van der Waals surface area (Å²) in [7, 11) is 0. The quantitative estimate of drug-likeness (QED) is 0.309. The lowest BCUT2D eigenvalue weighted by Crippen LogP contribution is -2.08. The van der Waals surface area contributed by atoms with Crippen molar-refractivity contribution in [1.29, 1.82) is 0 Å². The van der Waals surface area contributed by atoms with E-state index < -0.39 is 15.8 Å². The van der Waals surface area contributed by atoms with Gasteiger partial charge in [-0.2, -0.15) is 0 Å². The first-order valence-corrected chi connectivity index (χ1v) is 7.33. The molecule has 1 heterocycles. The number of nitrogens with zero attached hydrogens (tertiary/aromatic N) is 1. The third kappa shape index (κ3) is 3.08. The maximum atomic E-state index is 12.1. The Morgan fingerprint density at radius 2 is 2.04 bits per heavy atom. The van der Waals surface area contributed by atoms with Crippen molar-refractivity contribution in [2.45, 2.75) is 0 Å². The van der Waals surface area contributed by atoms with Gasteiger partial charge >= 0.3 is 10.9 Å². The van der Waals surface area contributed by atoms with Crippen LogP contribution in [-0.4, -0.2) is 10.9 Å². The predicted octanol–water partition coefficient (Wildman–Crippen LogP) is 3.64.